The van der Waals surface area contributed by atoms with E-state index < -0.39 is 20.5 Å². The lowest BCUT2D eigenvalue weighted by Gasteiger charge is -2.23. The Hall–Kier alpha value is -1.44. The topological polar surface area (TPSA) is 76.1 Å². The first-order chi connectivity index (χ1) is 11.4. The van der Waals surface area contributed by atoms with Gasteiger partial charge in [-0.1, -0.05) is 32.4 Å². The number of thiazole rings is 1. The molecule has 136 valence electrons. The van der Waals surface area contributed by atoms with Crippen molar-refractivity contribution in [1.29, 1.82) is 0 Å². The van der Waals surface area contributed by atoms with Crippen molar-refractivity contribution in [1.82, 2.24) is 4.98 Å². The third-order valence-corrected chi connectivity index (χ3v) is 7.27. The molecule has 1 aromatic carbocycles. The van der Waals surface area contributed by atoms with Crippen LogP contribution in [-0.2, 0) is 20.0 Å². The second kappa shape index (κ2) is 6.70. The van der Waals surface area contributed by atoms with E-state index in [0.29, 0.717) is 10.2 Å². The lowest BCUT2D eigenvalue weighted by atomic mass is 9.93. The third kappa shape index (κ3) is 4.04. The number of carbonyl (C=O) groups excluding carboxylic acids is 1. The maximum Gasteiger partial charge on any atom is 0.247 e. The van der Waals surface area contributed by atoms with E-state index in [9.17, 15) is 13.2 Å². The molecular formula is C17H21ClN2O3S2. The van der Waals surface area contributed by atoms with Crippen LogP contribution < -0.4 is 5.32 Å². The number of anilines is 1. The summed E-state index contributed by atoms with van der Waals surface area (Å²) in [5, 5.41) is 5.30. The van der Waals surface area contributed by atoms with Gasteiger partial charge >= 0.3 is 0 Å². The highest BCUT2D eigenvalue weighted by Gasteiger charge is 2.43. The molecule has 0 radical (unpaired) electrons. The lowest BCUT2D eigenvalue weighted by molar-refractivity contribution is -0.117. The molecule has 0 fully saturated rings. The first-order valence-corrected chi connectivity index (χ1v) is 10.4. The fourth-order valence-electron chi connectivity index (χ4n) is 1.95. The van der Waals surface area contributed by atoms with Crippen molar-refractivity contribution in [2.24, 2.45) is 0 Å². The van der Waals surface area contributed by atoms with Crippen LogP contribution >= 0.6 is 22.9 Å². The van der Waals surface area contributed by atoms with Gasteiger partial charge < -0.3 is 5.32 Å². The van der Waals surface area contributed by atoms with E-state index in [2.05, 4.69) is 10.3 Å². The molecule has 8 heteroatoms. The molecule has 0 unspecified atom stereocenters. The van der Waals surface area contributed by atoms with Gasteiger partial charge in [0.25, 0.3) is 0 Å². The van der Waals surface area contributed by atoms with Crippen LogP contribution in [0, 0.1) is 0 Å². The molecule has 1 aromatic heterocycles. The van der Waals surface area contributed by atoms with Crippen LogP contribution in [0.25, 0.3) is 0 Å². The summed E-state index contributed by atoms with van der Waals surface area (Å²) in [6.07, 6.45) is 0. The van der Waals surface area contributed by atoms with Crippen LogP contribution in [0.2, 0.25) is 5.02 Å². The molecule has 5 nitrogen and oxygen atoms in total. The lowest BCUT2D eigenvalue weighted by Crippen LogP contribution is -2.44. The van der Waals surface area contributed by atoms with Crippen LogP contribution in [0.3, 0.4) is 0 Å². The second-order valence-electron chi connectivity index (χ2n) is 7.21. The number of hydrogen-bond donors (Lipinski definition) is 1. The monoisotopic (exact) mass is 400 g/mol. The summed E-state index contributed by atoms with van der Waals surface area (Å²) < 4.78 is 24.0. The van der Waals surface area contributed by atoms with Gasteiger partial charge in [0.1, 0.15) is 4.75 Å². The molecule has 0 aliphatic carbocycles. The number of rotatable bonds is 4. The minimum atomic E-state index is -3.89. The average molecular weight is 401 g/mol. The Kier molecular flexibility index (Phi) is 5.33. The molecule has 0 spiro atoms. The van der Waals surface area contributed by atoms with E-state index in [-0.39, 0.29) is 10.3 Å². The summed E-state index contributed by atoms with van der Waals surface area (Å²) >= 11 is 7.08. The van der Waals surface area contributed by atoms with Crippen molar-refractivity contribution >= 4 is 43.8 Å². The standard InChI is InChI=1S/C17H21ClN2O3S2/c1-16(2,3)13-10-24-15(19-13)20-14(21)17(4,5)25(22,23)12-8-6-11(18)7-9-12/h6-10H,1-5H3,(H,19,20,21). The molecule has 1 heterocycles. The Labute approximate surface area is 157 Å². The van der Waals surface area contributed by atoms with Crippen molar-refractivity contribution in [3.05, 3.63) is 40.4 Å². The van der Waals surface area contributed by atoms with E-state index in [4.69, 9.17) is 11.6 Å². The van der Waals surface area contributed by atoms with Crippen LogP contribution in [0.5, 0.6) is 0 Å². The zero-order valence-corrected chi connectivity index (χ0v) is 17.1. The molecule has 25 heavy (non-hydrogen) atoms. The maximum absolute atomic E-state index is 12.8. The largest absolute Gasteiger partial charge is 0.301 e. The minimum absolute atomic E-state index is 0.0477. The average Bonchev–Trinajstić information content (AvgIpc) is 2.96. The van der Waals surface area contributed by atoms with Crippen molar-refractivity contribution in [2.75, 3.05) is 5.32 Å². The highest BCUT2D eigenvalue weighted by atomic mass is 35.5. The fourth-order valence-corrected chi connectivity index (χ4v) is 4.39. The van der Waals surface area contributed by atoms with Gasteiger partial charge in [-0.15, -0.1) is 11.3 Å². The van der Waals surface area contributed by atoms with Gasteiger partial charge in [-0.2, -0.15) is 0 Å². The Morgan fingerprint density at radius 3 is 2.16 bits per heavy atom. The fraction of sp³-hybridized carbons (Fsp3) is 0.412. The van der Waals surface area contributed by atoms with Gasteiger partial charge in [0, 0.05) is 15.8 Å². The third-order valence-electron chi connectivity index (χ3n) is 3.84. The van der Waals surface area contributed by atoms with Crippen molar-refractivity contribution in [2.45, 2.75) is 49.7 Å². The summed E-state index contributed by atoms with van der Waals surface area (Å²) in [4.78, 5) is 17.1. The van der Waals surface area contributed by atoms with Gasteiger partial charge in [-0.25, -0.2) is 13.4 Å². The Morgan fingerprint density at radius 2 is 1.68 bits per heavy atom. The number of hydrogen-bond acceptors (Lipinski definition) is 5. The number of benzene rings is 1. The predicted molar refractivity (Wildman–Crippen MR) is 102 cm³/mol. The smallest absolute Gasteiger partial charge is 0.247 e. The highest BCUT2D eigenvalue weighted by Crippen LogP contribution is 2.30. The van der Waals surface area contributed by atoms with Gasteiger partial charge in [0.2, 0.25) is 5.91 Å². The van der Waals surface area contributed by atoms with Gasteiger partial charge in [0.05, 0.1) is 10.6 Å². The summed E-state index contributed by atoms with van der Waals surface area (Å²) in [7, 11) is -3.89. The zero-order chi connectivity index (χ0) is 19.0. The quantitative estimate of drug-likeness (QED) is 0.830. The Morgan fingerprint density at radius 1 is 1.12 bits per heavy atom. The first-order valence-electron chi connectivity index (χ1n) is 7.63. The molecule has 1 amide bonds. The molecule has 0 aliphatic heterocycles. The van der Waals surface area contributed by atoms with E-state index in [1.807, 2.05) is 26.2 Å². The zero-order valence-electron chi connectivity index (χ0n) is 14.8. The second-order valence-corrected chi connectivity index (χ2v) is 11.0. The van der Waals surface area contributed by atoms with Crippen LogP contribution in [0.15, 0.2) is 34.5 Å². The summed E-state index contributed by atoms with van der Waals surface area (Å²) in [6.45, 7) is 8.81. The van der Waals surface area contributed by atoms with Gasteiger partial charge in [-0.3, -0.25) is 4.79 Å². The number of carbonyl (C=O) groups is 1. The summed E-state index contributed by atoms with van der Waals surface area (Å²) in [5.74, 6) is -0.628. The molecule has 0 saturated carbocycles. The molecular weight excluding hydrogens is 380 g/mol. The molecule has 2 rings (SSSR count). The normalized spacial score (nSPS) is 12.9. The molecule has 0 aliphatic rings. The van der Waals surface area contributed by atoms with E-state index in [1.165, 1.54) is 49.4 Å². The number of sulfone groups is 1. The number of nitrogens with one attached hydrogen (secondary N) is 1. The van der Waals surface area contributed by atoms with Crippen molar-refractivity contribution < 1.29 is 13.2 Å². The first kappa shape index (κ1) is 19.9. The molecule has 1 N–H and O–H groups in total. The van der Waals surface area contributed by atoms with Gasteiger partial charge in [0.15, 0.2) is 15.0 Å². The van der Waals surface area contributed by atoms with Crippen LogP contribution in [-0.4, -0.2) is 24.1 Å². The van der Waals surface area contributed by atoms with Crippen LogP contribution in [0.4, 0.5) is 5.13 Å². The highest BCUT2D eigenvalue weighted by molar-refractivity contribution is 7.93. The molecule has 0 atom stereocenters. The van der Waals surface area contributed by atoms with Crippen LogP contribution in [0.1, 0.15) is 40.3 Å². The van der Waals surface area contributed by atoms with E-state index in [0.717, 1.165) is 5.69 Å². The van der Waals surface area contributed by atoms with Crippen molar-refractivity contribution in [3.63, 3.8) is 0 Å². The summed E-state index contributed by atoms with van der Waals surface area (Å²) in [5.41, 5.74) is 0.691. The Bertz CT molecular complexity index is 879. The maximum atomic E-state index is 12.8. The molecule has 0 bridgehead atoms. The van der Waals surface area contributed by atoms with Crippen molar-refractivity contribution in [3.8, 4) is 0 Å². The summed E-state index contributed by atoms with van der Waals surface area (Å²) in [6, 6.07) is 5.76. The van der Waals surface area contributed by atoms with E-state index >= 15 is 0 Å². The van der Waals surface area contributed by atoms with Gasteiger partial charge in [-0.05, 0) is 38.1 Å². The Balaban J connectivity index is 2.27. The predicted octanol–water partition coefficient (Wildman–Crippen LogP) is 4.29. The van der Waals surface area contributed by atoms with E-state index in [1.54, 1.807) is 0 Å². The number of halogens is 1. The number of amides is 1. The number of nitrogens with zero attached hydrogens (tertiary/aromatic N) is 1. The minimum Gasteiger partial charge on any atom is -0.301 e. The SMILES string of the molecule is CC(C)(C)c1csc(NC(=O)C(C)(C)S(=O)(=O)c2ccc(Cl)cc2)n1. The molecule has 0 saturated heterocycles. The number of aromatic nitrogens is 1. The molecule has 2 aromatic rings.